The van der Waals surface area contributed by atoms with E-state index in [0.717, 1.165) is 57.3 Å². The van der Waals surface area contributed by atoms with Gasteiger partial charge in [0.25, 0.3) is 0 Å². The van der Waals surface area contributed by atoms with Gasteiger partial charge in [0.1, 0.15) is 11.9 Å². The quantitative estimate of drug-likeness (QED) is 0.454. The zero-order valence-corrected chi connectivity index (χ0v) is 15.9. The lowest BCUT2D eigenvalue weighted by atomic mass is 10.0. The third-order valence-electron chi connectivity index (χ3n) is 5.51. The summed E-state index contributed by atoms with van der Waals surface area (Å²) in [5, 5.41) is 10.6. The van der Waals surface area contributed by atoms with Crippen LogP contribution in [0.1, 0.15) is 22.3 Å². The van der Waals surface area contributed by atoms with Crippen LogP contribution in [0.2, 0.25) is 5.02 Å². The van der Waals surface area contributed by atoms with Crippen molar-refractivity contribution in [2.75, 3.05) is 11.4 Å². The van der Waals surface area contributed by atoms with Gasteiger partial charge in [-0.2, -0.15) is 5.26 Å². The molecule has 0 saturated carbocycles. The second-order valence-electron chi connectivity index (χ2n) is 7.01. The van der Waals surface area contributed by atoms with Crippen LogP contribution < -0.4 is 4.90 Å². The molecule has 27 heavy (non-hydrogen) atoms. The Labute approximate surface area is 162 Å². The number of hydrogen-bond acceptors (Lipinski definition) is 3. The zero-order valence-electron chi connectivity index (χ0n) is 15.1. The number of imidazole rings is 1. The van der Waals surface area contributed by atoms with Crippen molar-refractivity contribution in [3.8, 4) is 6.07 Å². The largest absolute Gasteiger partial charge is 0.327 e. The number of halogens is 1. The molecule has 4 nitrogen and oxygen atoms in total. The summed E-state index contributed by atoms with van der Waals surface area (Å²) in [5.41, 5.74) is 7.66. The summed E-state index contributed by atoms with van der Waals surface area (Å²) < 4.78 is 2.14. The standard InChI is InChI=1S/C22H17ClN4/c1-13-7-8-15(11-18(13)23)26-10-9-16-14(2)17(12-24)21-25-19-5-3-4-6-20(19)27(21)22(16)26/h3-8,11H,9-10H2,1-2H3. The fourth-order valence-corrected chi connectivity index (χ4v) is 4.25. The van der Waals surface area contributed by atoms with E-state index in [2.05, 4.69) is 33.6 Å². The van der Waals surface area contributed by atoms with Gasteiger partial charge in [-0.3, -0.25) is 4.40 Å². The van der Waals surface area contributed by atoms with Crippen molar-refractivity contribution in [1.29, 1.82) is 5.26 Å². The van der Waals surface area contributed by atoms with Gasteiger partial charge in [0.05, 0.1) is 16.6 Å². The van der Waals surface area contributed by atoms with E-state index in [1.165, 1.54) is 5.56 Å². The van der Waals surface area contributed by atoms with Gasteiger partial charge in [-0.1, -0.05) is 29.8 Å². The van der Waals surface area contributed by atoms with Crippen LogP contribution in [0.25, 0.3) is 16.7 Å². The molecule has 0 atom stereocenters. The fraction of sp³-hybridized carbons (Fsp3) is 0.182. The van der Waals surface area contributed by atoms with E-state index in [4.69, 9.17) is 16.6 Å². The van der Waals surface area contributed by atoms with Gasteiger partial charge in [0.15, 0.2) is 5.65 Å². The number of anilines is 2. The number of aryl methyl sites for hydroxylation is 1. The molecule has 1 aliphatic heterocycles. The summed E-state index contributed by atoms with van der Waals surface area (Å²) in [6, 6.07) is 16.6. The molecule has 0 saturated heterocycles. The molecular formula is C22H17ClN4. The van der Waals surface area contributed by atoms with Crippen molar-refractivity contribution in [3.63, 3.8) is 0 Å². The number of nitriles is 1. The molecule has 5 rings (SSSR count). The van der Waals surface area contributed by atoms with Crippen LogP contribution in [0.5, 0.6) is 0 Å². The number of rotatable bonds is 1. The average molecular weight is 373 g/mol. The Balaban J connectivity index is 1.90. The van der Waals surface area contributed by atoms with Crippen LogP contribution in [0, 0.1) is 25.2 Å². The van der Waals surface area contributed by atoms with E-state index < -0.39 is 0 Å². The maximum Gasteiger partial charge on any atom is 0.157 e. The van der Waals surface area contributed by atoms with Crippen LogP contribution in [-0.4, -0.2) is 15.9 Å². The Morgan fingerprint density at radius 3 is 2.74 bits per heavy atom. The molecule has 132 valence electrons. The number of para-hydroxylation sites is 2. The Kier molecular flexibility index (Phi) is 3.43. The maximum atomic E-state index is 9.79. The monoisotopic (exact) mass is 372 g/mol. The molecule has 0 spiro atoms. The minimum atomic E-state index is 0.661. The van der Waals surface area contributed by atoms with Crippen molar-refractivity contribution in [2.24, 2.45) is 0 Å². The number of pyridine rings is 1. The second kappa shape index (κ2) is 5.73. The highest BCUT2D eigenvalue weighted by atomic mass is 35.5. The molecule has 0 unspecified atom stereocenters. The lowest BCUT2D eigenvalue weighted by Gasteiger charge is -2.22. The van der Waals surface area contributed by atoms with E-state index in [1.54, 1.807) is 0 Å². The zero-order chi connectivity index (χ0) is 18.7. The molecule has 0 N–H and O–H groups in total. The minimum absolute atomic E-state index is 0.661. The molecule has 3 heterocycles. The molecule has 0 radical (unpaired) electrons. The molecule has 1 aliphatic rings. The van der Waals surface area contributed by atoms with Gasteiger partial charge in [0.2, 0.25) is 0 Å². The van der Waals surface area contributed by atoms with E-state index in [0.29, 0.717) is 5.56 Å². The van der Waals surface area contributed by atoms with Crippen LogP contribution in [0.3, 0.4) is 0 Å². The first kappa shape index (κ1) is 16.2. The number of benzene rings is 2. The predicted octanol–water partition coefficient (Wildman–Crippen LogP) is 5.32. The van der Waals surface area contributed by atoms with E-state index in [-0.39, 0.29) is 0 Å². The summed E-state index contributed by atoms with van der Waals surface area (Å²) in [6.07, 6.45) is 0.893. The van der Waals surface area contributed by atoms with Crippen molar-refractivity contribution >= 4 is 39.8 Å². The third kappa shape index (κ3) is 2.19. The predicted molar refractivity (Wildman–Crippen MR) is 109 cm³/mol. The van der Waals surface area contributed by atoms with Gasteiger partial charge in [-0.05, 0) is 61.2 Å². The Morgan fingerprint density at radius 1 is 1.15 bits per heavy atom. The highest BCUT2D eigenvalue weighted by molar-refractivity contribution is 6.31. The average Bonchev–Trinajstić information content (AvgIpc) is 3.26. The molecule has 4 aromatic rings. The van der Waals surface area contributed by atoms with E-state index >= 15 is 0 Å². The van der Waals surface area contributed by atoms with Gasteiger partial charge in [0, 0.05) is 17.3 Å². The summed E-state index contributed by atoms with van der Waals surface area (Å²) in [4.78, 5) is 7.06. The number of hydrogen-bond donors (Lipinski definition) is 0. The Morgan fingerprint density at radius 2 is 1.96 bits per heavy atom. The van der Waals surface area contributed by atoms with Crippen molar-refractivity contribution < 1.29 is 0 Å². The normalized spacial score (nSPS) is 13.3. The summed E-state index contributed by atoms with van der Waals surface area (Å²) in [5.74, 6) is 1.09. The Bertz CT molecular complexity index is 1280. The fourth-order valence-electron chi connectivity index (χ4n) is 4.08. The molecule has 0 bridgehead atoms. The molecule has 0 aliphatic carbocycles. The highest BCUT2D eigenvalue weighted by Crippen LogP contribution is 2.41. The van der Waals surface area contributed by atoms with Crippen LogP contribution >= 0.6 is 11.6 Å². The maximum absolute atomic E-state index is 9.79. The first-order valence-electron chi connectivity index (χ1n) is 8.96. The summed E-state index contributed by atoms with van der Waals surface area (Å²) in [7, 11) is 0. The summed E-state index contributed by atoms with van der Waals surface area (Å²) >= 11 is 6.40. The van der Waals surface area contributed by atoms with Gasteiger partial charge in [-0.15, -0.1) is 0 Å². The number of nitrogens with zero attached hydrogens (tertiary/aromatic N) is 4. The second-order valence-corrected chi connectivity index (χ2v) is 7.42. The van der Waals surface area contributed by atoms with Crippen LogP contribution in [0.4, 0.5) is 11.5 Å². The molecule has 0 fully saturated rings. The SMILES string of the molecule is Cc1ccc(N2CCc3c(C)c(C#N)c4nc5ccccc5n4c32)cc1Cl. The molecule has 0 amide bonds. The third-order valence-corrected chi connectivity index (χ3v) is 5.92. The van der Waals surface area contributed by atoms with Crippen molar-refractivity contribution in [3.05, 3.63) is 69.7 Å². The minimum Gasteiger partial charge on any atom is -0.327 e. The van der Waals surface area contributed by atoms with Gasteiger partial charge >= 0.3 is 0 Å². The van der Waals surface area contributed by atoms with Crippen LogP contribution in [-0.2, 0) is 6.42 Å². The molecule has 2 aromatic heterocycles. The lowest BCUT2D eigenvalue weighted by molar-refractivity contribution is 0.983. The lowest BCUT2D eigenvalue weighted by Crippen LogP contribution is -2.16. The Hall–Kier alpha value is -3.03. The van der Waals surface area contributed by atoms with Crippen LogP contribution in [0.15, 0.2) is 42.5 Å². The number of aromatic nitrogens is 2. The summed E-state index contributed by atoms with van der Waals surface area (Å²) in [6.45, 7) is 4.89. The number of fused-ring (bicyclic) bond motifs is 5. The highest BCUT2D eigenvalue weighted by Gasteiger charge is 2.29. The van der Waals surface area contributed by atoms with Crippen molar-refractivity contribution in [2.45, 2.75) is 20.3 Å². The topological polar surface area (TPSA) is 44.3 Å². The van der Waals surface area contributed by atoms with Crippen molar-refractivity contribution in [1.82, 2.24) is 9.38 Å². The smallest absolute Gasteiger partial charge is 0.157 e. The molecule has 5 heteroatoms. The molecular weight excluding hydrogens is 356 g/mol. The van der Waals surface area contributed by atoms with Gasteiger partial charge in [-0.25, -0.2) is 4.98 Å². The van der Waals surface area contributed by atoms with E-state index in [1.807, 2.05) is 38.1 Å². The first-order valence-corrected chi connectivity index (χ1v) is 9.34. The van der Waals surface area contributed by atoms with Gasteiger partial charge < -0.3 is 4.90 Å². The first-order chi connectivity index (χ1) is 13.1. The van der Waals surface area contributed by atoms with E-state index in [9.17, 15) is 5.26 Å². The molecule has 2 aromatic carbocycles.